The van der Waals surface area contributed by atoms with Gasteiger partial charge in [-0.2, -0.15) is 0 Å². The van der Waals surface area contributed by atoms with Crippen molar-refractivity contribution in [1.82, 2.24) is 4.90 Å². The van der Waals surface area contributed by atoms with Crippen molar-refractivity contribution < 1.29 is 19.1 Å². The van der Waals surface area contributed by atoms with Crippen LogP contribution in [-0.2, 0) is 9.59 Å². The summed E-state index contributed by atoms with van der Waals surface area (Å²) in [6.45, 7) is 12.2. The van der Waals surface area contributed by atoms with Crippen LogP contribution in [0, 0.1) is 5.92 Å². The molecule has 1 N–H and O–H groups in total. The molecule has 0 spiro atoms. The molecule has 1 aliphatic rings. The summed E-state index contributed by atoms with van der Waals surface area (Å²) >= 11 is 0. The number of hydrogen-bond donors (Lipinski definition) is 1. The monoisotopic (exact) mass is 436 g/mol. The molecule has 0 aromatic heterocycles. The van der Waals surface area contributed by atoms with Crippen LogP contribution in [0.2, 0.25) is 0 Å². The molecule has 170 valence electrons. The van der Waals surface area contributed by atoms with Crippen molar-refractivity contribution in [3.05, 3.63) is 59.8 Å². The fourth-order valence-electron chi connectivity index (χ4n) is 3.50. The van der Waals surface area contributed by atoms with Crippen LogP contribution in [0.4, 0.5) is 5.69 Å². The fourth-order valence-corrected chi connectivity index (χ4v) is 3.50. The number of nitrogens with zero attached hydrogens (tertiary/aromatic N) is 1. The molecule has 32 heavy (non-hydrogen) atoms. The Morgan fingerprint density at radius 3 is 1.72 bits per heavy atom. The molecule has 0 unspecified atom stereocenters. The van der Waals surface area contributed by atoms with Crippen molar-refractivity contribution in [3.63, 3.8) is 0 Å². The summed E-state index contributed by atoms with van der Waals surface area (Å²) in [4.78, 5) is 27.8. The van der Waals surface area contributed by atoms with Crippen molar-refractivity contribution in [1.29, 1.82) is 0 Å². The van der Waals surface area contributed by atoms with Crippen LogP contribution in [0.3, 0.4) is 0 Å². The second-order valence-corrected chi connectivity index (χ2v) is 8.87. The molecule has 0 saturated carbocycles. The molecule has 1 aliphatic heterocycles. The Kier molecular flexibility index (Phi) is 7.23. The number of amides is 2. The zero-order valence-electron chi connectivity index (χ0n) is 19.6. The van der Waals surface area contributed by atoms with Crippen LogP contribution in [-0.4, -0.2) is 35.5 Å². The Hall–Kier alpha value is -3.28. The summed E-state index contributed by atoms with van der Waals surface area (Å²) in [6, 6.07) is 14.6. The third-order valence-corrected chi connectivity index (χ3v) is 4.73. The molecular weight excluding hydrogens is 404 g/mol. The lowest BCUT2D eigenvalue weighted by Gasteiger charge is -2.17. The predicted octanol–water partition coefficient (Wildman–Crippen LogP) is 5.11. The zero-order valence-corrected chi connectivity index (χ0v) is 19.6. The van der Waals surface area contributed by atoms with Crippen LogP contribution in [0.1, 0.15) is 47.1 Å². The predicted molar refractivity (Wildman–Crippen MR) is 127 cm³/mol. The molecule has 2 amide bonds. The Labute approximate surface area is 190 Å². The Bertz CT molecular complexity index is 989. The van der Waals surface area contributed by atoms with Crippen LogP contribution in [0.5, 0.6) is 11.5 Å². The SMILES string of the molecule is CC(C)CN1C(=O)C(Nc2ccc(OC(C)C)cc2)=C(c2ccc(OC(C)C)cc2)C1=O. The summed E-state index contributed by atoms with van der Waals surface area (Å²) in [7, 11) is 0. The molecule has 0 saturated heterocycles. The Morgan fingerprint density at radius 1 is 0.750 bits per heavy atom. The van der Waals surface area contributed by atoms with Gasteiger partial charge in [0.15, 0.2) is 0 Å². The van der Waals surface area contributed by atoms with Crippen molar-refractivity contribution in [2.24, 2.45) is 5.92 Å². The van der Waals surface area contributed by atoms with E-state index in [2.05, 4.69) is 5.32 Å². The van der Waals surface area contributed by atoms with Crippen molar-refractivity contribution in [3.8, 4) is 11.5 Å². The summed E-state index contributed by atoms with van der Waals surface area (Å²) in [5, 5.41) is 3.18. The molecule has 2 aromatic carbocycles. The molecule has 0 aliphatic carbocycles. The minimum atomic E-state index is -0.316. The highest BCUT2D eigenvalue weighted by molar-refractivity contribution is 6.36. The highest BCUT2D eigenvalue weighted by atomic mass is 16.5. The molecule has 3 rings (SSSR count). The molecule has 2 aromatic rings. The number of benzene rings is 2. The van der Waals surface area contributed by atoms with Gasteiger partial charge in [0.25, 0.3) is 11.8 Å². The summed E-state index contributed by atoms with van der Waals surface area (Å²) < 4.78 is 11.4. The van der Waals surface area contributed by atoms with Crippen LogP contribution in [0.25, 0.3) is 5.57 Å². The number of carbonyl (C=O) groups excluding carboxylic acids is 2. The smallest absolute Gasteiger partial charge is 0.278 e. The first-order valence-corrected chi connectivity index (χ1v) is 11.1. The van der Waals surface area contributed by atoms with Crippen LogP contribution >= 0.6 is 0 Å². The molecule has 1 heterocycles. The van der Waals surface area contributed by atoms with Crippen molar-refractivity contribution >= 4 is 23.1 Å². The van der Waals surface area contributed by atoms with Crippen molar-refractivity contribution in [2.75, 3.05) is 11.9 Å². The van der Waals surface area contributed by atoms with Gasteiger partial charge in [0.1, 0.15) is 17.2 Å². The number of anilines is 1. The van der Waals surface area contributed by atoms with Gasteiger partial charge in [0, 0.05) is 12.2 Å². The largest absolute Gasteiger partial charge is 0.491 e. The van der Waals surface area contributed by atoms with E-state index in [9.17, 15) is 9.59 Å². The Balaban J connectivity index is 1.95. The van der Waals surface area contributed by atoms with Crippen LogP contribution in [0.15, 0.2) is 54.2 Å². The fraction of sp³-hybridized carbons (Fsp3) is 0.385. The molecule has 0 bridgehead atoms. The topological polar surface area (TPSA) is 67.9 Å². The molecule has 6 nitrogen and oxygen atoms in total. The van der Waals surface area contributed by atoms with E-state index in [0.29, 0.717) is 23.4 Å². The van der Waals surface area contributed by atoms with Gasteiger partial charge in [0.2, 0.25) is 0 Å². The minimum Gasteiger partial charge on any atom is -0.491 e. The first-order valence-electron chi connectivity index (χ1n) is 11.1. The normalized spacial score (nSPS) is 14.2. The van der Waals surface area contributed by atoms with Gasteiger partial charge in [0.05, 0.1) is 17.8 Å². The van der Waals surface area contributed by atoms with E-state index < -0.39 is 0 Å². The van der Waals surface area contributed by atoms with E-state index in [0.717, 1.165) is 11.5 Å². The van der Waals surface area contributed by atoms with E-state index in [1.807, 2.05) is 90.1 Å². The van der Waals surface area contributed by atoms with E-state index in [1.54, 1.807) is 0 Å². The lowest BCUT2D eigenvalue weighted by Crippen LogP contribution is -2.35. The number of imide groups is 1. The third kappa shape index (κ3) is 5.49. The lowest BCUT2D eigenvalue weighted by atomic mass is 10.0. The van der Waals surface area contributed by atoms with E-state index in [4.69, 9.17) is 9.47 Å². The minimum absolute atomic E-state index is 0.0520. The van der Waals surface area contributed by atoms with E-state index >= 15 is 0 Å². The second kappa shape index (κ2) is 9.90. The van der Waals surface area contributed by atoms with Gasteiger partial charge < -0.3 is 14.8 Å². The van der Waals surface area contributed by atoms with Gasteiger partial charge >= 0.3 is 0 Å². The average Bonchev–Trinajstić information content (AvgIpc) is 2.93. The number of carbonyl (C=O) groups is 2. The maximum Gasteiger partial charge on any atom is 0.278 e. The van der Waals surface area contributed by atoms with Gasteiger partial charge in [-0.15, -0.1) is 0 Å². The van der Waals surface area contributed by atoms with Crippen LogP contribution < -0.4 is 14.8 Å². The highest BCUT2D eigenvalue weighted by Gasteiger charge is 2.39. The van der Waals surface area contributed by atoms with Gasteiger partial charge in [-0.25, -0.2) is 0 Å². The van der Waals surface area contributed by atoms with Gasteiger partial charge in [-0.3, -0.25) is 14.5 Å². The summed E-state index contributed by atoms with van der Waals surface area (Å²) in [5.74, 6) is 1.02. The maximum atomic E-state index is 13.2. The highest BCUT2D eigenvalue weighted by Crippen LogP contribution is 2.32. The molecule has 0 atom stereocenters. The van der Waals surface area contributed by atoms with Gasteiger partial charge in [-0.05, 0) is 75.6 Å². The van der Waals surface area contributed by atoms with E-state index in [1.165, 1.54) is 4.90 Å². The number of rotatable bonds is 9. The third-order valence-electron chi connectivity index (χ3n) is 4.73. The Morgan fingerprint density at radius 2 is 1.25 bits per heavy atom. The average molecular weight is 437 g/mol. The molecular formula is C26H32N2O4. The molecule has 6 heteroatoms. The summed E-state index contributed by atoms with van der Waals surface area (Å²) in [6.07, 6.45) is 0.126. The number of ether oxygens (including phenoxy) is 2. The van der Waals surface area contributed by atoms with Gasteiger partial charge in [-0.1, -0.05) is 26.0 Å². The quantitative estimate of drug-likeness (QED) is 0.553. The van der Waals surface area contributed by atoms with E-state index in [-0.39, 0.29) is 35.6 Å². The molecule has 0 radical (unpaired) electrons. The standard InChI is InChI=1S/C26H32N2O4/c1-16(2)15-28-25(29)23(19-7-11-21(12-8-19)31-17(3)4)24(26(28)30)27-20-9-13-22(14-10-20)32-18(5)6/h7-14,16-18,27H,15H2,1-6H3. The number of hydrogen-bond acceptors (Lipinski definition) is 5. The first-order chi connectivity index (χ1) is 15.2. The van der Waals surface area contributed by atoms with Crippen molar-refractivity contribution in [2.45, 2.75) is 53.8 Å². The zero-order chi connectivity index (χ0) is 23.4. The number of nitrogens with one attached hydrogen (secondary N) is 1. The molecule has 0 fully saturated rings. The maximum absolute atomic E-state index is 13.2. The summed E-state index contributed by atoms with van der Waals surface area (Å²) in [5.41, 5.74) is 2.04. The lowest BCUT2D eigenvalue weighted by molar-refractivity contribution is -0.137. The second-order valence-electron chi connectivity index (χ2n) is 8.87. The first kappa shape index (κ1) is 23.4.